The molecule has 2 aromatic rings. The maximum absolute atomic E-state index is 12.1. The number of carbonyl (C=O) groups excluding carboxylic acids is 1. The molecular weight excluding hydrogens is 301 g/mol. The third-order valence-corrected chi connectivity index (χ3v) is 4.31. The zero-order valence-electron chi connectivity index (χ0n) is 10.5. The number of benzene rings is 1. The third-order valence-electron chi connectivity index (χ3n) is 2.83. The van der Waals surface area contributed by atoms with E-state index in [2.05, 4.69) is 5.32 Å². The van der Waals surface area contributed by atoms with Gasteiger partial charge in [-0.15, -0.1) is 11.3 Å². The van der Waals surface area contributed by atoms with Gasteiger partial charge < -0.3 is 5.32 Å². The van der Waals surface area contributed by atoms with E-state index in [4.69, 9.17) is 23.2 Å². The highest BCUT2D eigenvalue weighted by Crippen LogP contribution is 2.31. The second kappa shape index (κ2) is 5.95. The van der Waals surface area contributed by atoms with Gasteiger partial charge in [0.15, 0.2) is 0 Å². The molecular formula is C14H13Cl2NOS. The van der Waals surface area contributed by atoms with Crippen molar-refractivity contribution in [1.82, 2.24) is 5.32 Å². The molecule has 0 spiro atoms. The van der Waals surface area contributed by atoms with E-state index in [-0.39, 0.29) is 11.9 Å². The fourth-order valence-electron chi connectivity index (χ4n) is 1.71. The minimum Gasteiger partial charge on any atom is -0.345 e. The average Bonchev–Trinajstić information content (AvgIpc) is 2.69. The summed E-state index contributed by atoms with van der Waals surface area (Å²) in [6.45, 7) is 3.96. The van der Waals surface area contributed by atoms with Crippen molar-refractivity contribution >= 4 is 40.4 Å². The Morgan fingerprint density at radius 2 is 1.89 bits per heavy atom. The standard InChI is InChI=1S/C14H13Cl2NOS/c1-8-3-5-10(6-4-8)9(2)17-14(18)11-7-12(15)19-13(11)16/h3-7,9H,1-2H3,(H,17,18). The highest BCUT2D eigenvalue weighted by Gasteiger charge is 2.16. The number of nitrogens with one attached hydrogen (secondary N) is 1. The Morgan fingerprint density at radius 1 is 1.26 bits per heavy atom. The predicted molar refractivity (Wildman–Crippen MR) is 81.4 cm³/mol. The number of hydrogen-bond acceptors (Lipinski definition) is 2. The first-order chi connectivity index (χ1) is 8.97. The van der Waals surface area contributed by atoms with Crippen LogP contribution in [0.2, 0.25) is 8.67 Å². The molecule has 2 rings (SSSR count). The first-order valence-corrected chi connectivity index (χ1v) is 7.37. The monoisotopic (exact) mass is 313 g/mol. The Hall–Kier alpha value is -1.03. The van der Waals surface area contributed by atoms with Crippen LogP contribution in [0.3, 0.4) is 0 Å². The minimum atomic E-state index is -0.207. The van der Waals surface area contributed by atoms with Crippen LogP contribution < -0.4 is 5.32 Å². The maximum Gasteiger partial charge on any atom is 0.254 e. The van der Waals surface area contributed by atoms with Crippen LogP contribution in [0, 0.1) is 6.92 Å². The van der Waals surface area contributed by atoms with Crippen LogP contribution in [-0.2, 0) is 0 Å². The van der Waals surface area contributed by atoms with Crippen molar-refractivity contribution < 1.29 is 4.79 Å². The molecule has 0 aliphatic carbocycles. The molecule has 1 atom stereocenters. The molecule has 2 nitrogen and oxygen atoms in total. The highest BCUT2D eigenvalue weighted by molar-refractivity contribution is 7.20. The Morgan fingerprint density at radius 3 is 2.42 bits per heavy atom. The lowest BCUT2D eigenvalue weighted by Gasteiger charge is -2.14. The topological polar surface area (TPSA) is 29.1 Å². The van der Waals surface area contributed by atoms with Crippen molar-refractivity contribution in [3.8, 4) is 0 Å². The SMILES string of the molecule is Cc1ccc(C(C)NC(=O)c2cc(Cl)sc2Cl)cc1. The van der Waals surface area contributed by atoms with E-state index in [1.807, 2.05) is 38.1 Å². The van der Waals surface area contributed by atoms with Crippen LogP contribution >= 0.6 is 34.5 Å². The number of rotatable bonds is 3. The summed E-state index contributed by atoms with van der Waals surface area (Å²) >= 11 is 13.0. The van der Waals surface area contributed by atoms with Crippen molar-refractivity contribution in [3.63, 3.8) is 0 Å². The van der Waals surface area contributed by atoms with Gasteiger partial charge in [-0.25, -0.2) is 0 Å². The van der Waals surface area contributed by atoms with Crippen LogP contribution in [0.15, 0.2) is 30.3 Å². The van der Waals surface area contributed by atoms with Gasteiger partial charge in [0.25, 0.3) is 5.91 Å². The predicted octanol–water partition coefficient (Wildman–Crippen LogP) is 4.85. The molecule has 19 heavy (non-hydrogen) atoms. The number of carbonyl (C=O) groups is 1. The van der Waals surface area contributed by atoms with E-state index in [0.717, 1.165) is 5.56 Å². The van der Waals surface area contributed by atoms with Gasteiger partial charge in [-0.2, -0.15) is 0 Å². The lowest BCUT2D eigenvalue weighted by atomic mass is 10.1. The van der Waals surface area contributed by atoms with Crippen LogP contribution in [0.25, 0.3) is 0 Å². The first kappa shape index (κ1) is 14.4. The smallest absolute Gasteiger partial charge is 0.254 e. The summed E-state index contributed by atoms with van der Waals surface area (Å²) < 4.78 is 0.928. The number of hydrogen-bond donors (Lipinski definition) is 1. The molecule has 0 fully saturated rings. The lowest BCUT2D eigenvalue weighted by Crippen LogP contribution is -2.26. The number of aryl methyl sites for hydroxylation is 1. The fraction of sp³-hybridized carbons (Fsp3) is 0.214. The van der Waals surface area contributed by atoms with E-state index in [1.165, 1.54) is 16.9 Å². The zero-order chi connectivity index (χ0) is 14.0. The third kappa shape index (κ3) is 3.50. The van der Waals surface area contributed by atoms with Crippen LogP contribution in [0.5, 0.6) is 0 Å². The van der Waals surface area contributed by atoms with Crippen molar-refractivity contribution in [2.45, 2.75) is 19.9 Å². The molecule has 1 N–H and O–H groups in total. The van der Waals surface area contributed by atoms with Gasteiger partial charge in [-0.3, -0.25) is 4.79 Å². The van der Waals surface area contributed by atoms with Crippen molar-refractivity contribution in [2.75, 3.05) is 0 Å². The molecule has 0 aliphatic heterocycles. The first-order valence-electron chi connectivity index (χ1n) is 5.79. The van der Waals surface area contributed by atoms with Crippen molar-refractivity contribution in [3.05, 3.63) is 55.7 Å². The summed E-state index contributed by atoms with van der Waals surface area (Å²) in [6.07, 6.45) is 0. The van der Waals surface area contributed by atoms with Crippen LogP contribution in [0.1, 0.15) is 34.5 Å². The number of thiophene rings is 1. The summed E-state index contributed by atoms with van der Waals surface area (Å²) in [5, 5.41) is 2.91. The molecule has 0 saturated heterocycles. The number of halogens is 2. The van der Waals surface area contributed by atoms with E-state index in [9.17, 15) is 4.79 Å². The Kier molecular flexibility index (Phi) is 4.50. The van der Waals surface area contributed by atoms with Crippen LogP contribution in [0.4, 0.5) is 0 Å². The van der Waals surface area contributed by atoms with Gasteiger partial charge in [-0.1, -0.05) is 53.0 Å². The van der Waals surface area contributed by atoms with Crippen molar-refractivity contribution in [1.29, 1.82) is 0 Å². The van der Waals surface area contributed by atoms with Crippen LogP contribution in [-0.4, -0.2) is 5.91 Å². The molecule has 1 aromatic carbocycles. The van der Waals surface area contributed by atoms with Gasteiger partial charge in [0.2, 0.25) is 0 Å². The molecule has 1 heterocycles. The van der Waals surface area contributed by atoms with Gasteiger partial charge in [0.05, 0.1) is 15.9 Å². The van der Waals surface area contributed by atoms with E-state index >= 15 is 0 Å². The molecule has 1 unspecified atom stereocenters. The second-order valence-electron chi connectivity index (χ2n) is 4.34. The number of amides is 1. The Bertz CT molecular complexity index is 592. The molecule has 0 saturated carbocycles. The Balaban J connectivity index is 2.10. The highest BCUT2D eigenvalue weighted by atomic mass is 35.5. The molecule has 5 heteroatoms. The van der Waals surface area contributed by atoms with Crippen molar-refractivity contribution in [2.24, 2.45) is 0 Å². The second-order valence-corrected chi connectivity index (χ2v) is 6.63. The molecule has 0 aliphatic rings. The summed E-state index contributed by atoms with van der Waals surface area (Å²) in [5.74, 6) is -0.207. The van der Waals surface area contributed by atoms with E-state index in [1.54, 1.807) is 6.07 Å². The molecule has 100 valence electrons. The van der Waals surface area contributed by atoms with E-state index < -0.39 is 0 Å². The molecule has 1 amide bonds. The normalized spacial score (nSPS) is 12.2. The molecule has 1 aromatic heterocycles. The van der Waals surface area contributed by atoms with Gasteiger partial charge in [0, 0.05) is 0 Å². The quantitative estimate of drug-likeness (QED) is 0.861. The van der Waals surface area contributed by atoms with Gasteiger partial charge in [-0.05, 0) is 25.5 Å². The average molecular weight is 314 g/mol. The van der Waals surface area contributed by atoms with Gasteiger partial charge >= 0.3 is 0 Å². The van der Waals surface area contributed by atoms with Gasteiger partial charge in [0.1, 0.15) is 4.34 Å². The Labute approximate surface area is 126 Å². The summed E-state index contributed by atoms with van der Waals surface area (Å²) in [5.41, 5.74) is 2.67. The zero-order valence-corrected chi connectivity index (χ0v) is 12.9. The molecule has 0 bridgehead atoms. The summed E-state index contributed by atoms with van der Waals surface area (Å²) in [7, 11) is 0. The lowest BCUT2D eigenvalue weighted by molar-refractivity contribution is 0.0940. The maximum atomic E-state index is 12.1. The minimum absolute atomic E-state index is 0.0807. The largest absolute Gasteiger partial charge is 0.345 e. The summed E-state index contributed by atoms with van der Waals surface area (Å²) in [4.78, 5) is 12.1. The van der Waals surface area contributed by atoms with E-state index in [0.29, 0.717) is 14.2 Å². The summed E-state index contributed by atoms with van der Waals surface area (Å²) in [6, 6.07) is 9.55. The fourth-order valence-corrected chi connectivity index (χ4v) is 3.17. The molecule has 0 radical (unpaired) electrons.